The first-order valence-corrected chi connectivity index (χ1v) is 13.6. The molecule has 0 saturated carbocycles. The van der Waals surface area contributed by atoms with E-state index in [2.05, 4.69) is 30.9 Å². The van der Waals surface area contributed by atoms with E-state index in [4.69, 9.17) is 9.72 Å². The third-order valence-electron chi connectivity index (χ3n) is 6.10. The molecule has 0 radical (unpaired) electrons. The number of carbonyl (C=O) groups is 1. The summed E-state index contributed by atoms with van der Waals surface area (Å²) in [5.41, 5.74) is -1.07. The van der Waals surface area contributed by atoms with Gasteiger partial charge in [0.25, 0.3) is 21.5 Å². The van der Waals surface area contributed by atoms with Gasteiger partial charge in [-0.1, -0.05) is 20.8 Å². The number of anilines is 1. The number of nitrogens with one attached hydrogen (secondary N) is 2. The van der Waals surface area contributed by atoms with Crippen molar-refractivity contribution >= 4 is 21.7 Å². The van der Waals surface area contributed by atoms with Crippen molar-refractivity contribution in [2.45, 2.75) is 51.5 Å². The maximum Gasteiger partial charge on any atom is 0.269 e. The van der Waals surface area contributed by atoms with Crippen LogP contribution in [0.1, 0.15) is 51.4 Å². The minimum atomic E-state index is -4.41. The van der Waals surface area contributed by atoms with Gasteiger partial charge in [-0.25, -0.2) is 22.8 Å². The number of H-pyrrole nitrogens is 1. The predicted octanol–water partition coefficient (Wildman–Crippen LogP) is 2.73. The fraction of sp³-hybridized carbons (Fsp3) is 0.440. The first-order valence-electron chi connectivity index (χ1n) is 12.1. The minimum Gasteiger partial charge on any atom is -0.476 e. The van der Waals surface area contributed by atoms with E-state index in [1.54, 1.807) is 23.0 Å². The number of sulfonamides is 1. The lowest BCUT2D eigenvalue weighted by atomic mass is 9.97. The van der Waals surface area contributed by atoms with Crippen LogP contribution in [-0.4, -0.2) is 52.8 Å². The highest BCUT2D eigenvalue weighted by molar-refractivity contribution is 7.90. The molecule has 0 spiro atoms. The Labute approximate surface area is 215 Å². The average Bonchev–Trinajstić information content (AvgIpc) is 3.40. The third-order valence-corrected chi connectivity index (χ3v) is 7.45. The highest BCUT2D eigenvalue weighted by Crippen LogP contribution is 2.37. The molecule has 11 nitrogen and oxygen atoms in total. The summed E-state index contributed by atoms with van der Waals surface area (Å²) >= 11 is 0. The zero-order valence-electron chi connectivity index (χ0n) is 21.6. The molecular formula is C25H32N6O5S. The summed E-state index contributed by atoms with van der Waals surface area (Å²) in [6, 6.07) is 7.35. The van der Waals surface area contributed by atoms with Crippen molar-refractivity contribution in [3.05, 3.63) is 58.6 Å². The molecule has 1 amide bonds. The van der Waals surface area contributed by atoms with Crippen molar-refractivity contribution in [2.24, 2.45) is 11.8 Å². The van der Waals surface area contributed by atoms with E-state index in [0.717, 1.165) is 12.5 Å². The molecule has 1 saturated heterocycles. The number of carbonyl (C=O) groups excluding carboxylic acids is 1. The summed E-state index contributed by atoms with van der Waals surface area (Å²) in [6.45, 7) is 11.5. The van der Waals surface area contributed by atoms with Gasteiger partial charge in [0.1, 0.15) is 5.82 Å². The second-order valence-electron chi connectivity index (χ2n) is 10.4. The van der Waals surface area contributed by atoms with Crippen LogP contribution in [0.5, 0.6) is 5.88 Å². The van der Waals surface area contributed by atoms with Gasteiger partial charge < -0.3 is 14.6 Å². The van der Waals surface area contributed by atoms with Gasteiger partial charge in [-0.15, -0.1) is 5.10 Å². The molecule has 3 aromatic rings. The number of aromatic amines is 1. The number of amides is 1. The summed E-state index contributed by atoms with van der Waals surface area (Å²) in [7, 11) is -4.41. The van der Waals surface area contributed by atoms with Crippen LogP contribution in [0.3, 0.4) is 0 Å². The van der Waals surface area contributed by atoms with E-state index >= 15 is 0 Å². The SMILES string of the molecule is CC(C)COc1ccn(-c2ccc(C(=O)NS(=O)(=O)c3ccc[nH]c3=O)c(N3C[C@@H](C)CC3(C)C)n2)n1. The second-order valence-corrected chi connectivity index (χ2v) is 12.0. The van der Waals surface area contributed by atoms with Crippen molar-refractivity contribution in [3.63, 3.8) is 0 Å². The molecule has 1 aliphatic rings. The number of hydrogen-bond acceptors (Lipinski definition) is 8. The largest absolute Gasteiger partial charge is 0.476 e. The van der Waals surface area contributed by atoms with Crippen LogP contribution in [0.25, 0.3) is 5.82 Å². The van der Waals surface area contributed by atoms with Crippen LogP contribution in [0, 0.1) is 11.8 Å². The molecule has 0 unspecified atom stereocenters. The van der Waals surface area contributed by atoms with Crippen molar-refractivity contribution in [1.82, 2.24) is 24.5 Å². The van der Waals surface area contributed by atoms with Gasteiger partial charge >= 0.3 is 0 Å². The molecule has 0 aliphatic carbocycles. The first kappa shape index (κ1) is 26.4. The van der Waals surface area contributed by atoms with Crippen LogP contribution < -0.4 is 19.9 Å². The van der Waals surface area contributed by atoms with Crippen molar-refractivity contribution < 1.29 is 17.9 Å². The lowest BCUT2D eigenvalue weighted by molar-refractivity contribution is 0.0981. The van der Waals surface area contributed by atoms with Crippen LogP contribution in [0.15, 0.2) is 52.4 Å². The Morgan fingerprint density at radius 1 is 1.27 bits per heavy atom. The molecule has 4 rings (SSSR count). The van der Waals surface area contributed by atoms with Crippen LogP contribution in [-0.2, 0) is 10.0 Å². The normalized spacial score (nSPS) is 17.2. The van der Waals surface area contributed by atoms with E-state index < -0.39 is 26.4 Å². The summed E-state index contributed by atoms with van der Waals surface area (Å²) in [5, 5.41) is 4.43. The molecule has 1 atom stereocenters. The molecule has 0 bridgehead atoms. The zero-order chi connectivity index (χ0) is 27.0. The molecule has 12 heteroatoms. The quantitative estimate of drug-likeness (QED) is 0.455. The Bertz CT molecular complexity index is 1460. The fourth-order valence-electron chi connectivity index (χ4n) is 4.52. The van der Waals surface area contributed by atoms with Crippen molar-refractivity contribution in [1.29, 1.82) is 0 Å². The number of rotatable bonds is 8. The molecule has 3 aromatic heterocycles. The highest BCUT2D eigenvalue weighted by atomic mass is 32.2. The maximum atomic E-state index is 13.3. The van der Waals surface area contributed by atoms with Crippen LogP contribution in [0.2, 0.25) is 0 Å². The summed E-state index contributed by atoms with van der Waals surface area (Å²) < 4.78 is 34.9. The van der Waals surface area contributed by atoms with Gasteiger partial charge in [0.05, 0.1) is 12.2 Å². The molecule has 37 heavy (non-hydrogen) atoms. The second kappa shape index (κ2) is 10.0. The first-order chi connectivity index (χ1) is 17.4. The Morgan fingerprint density at radius 3 is 2.68 bits per heavy atom. The molecule has 0 aromatic carbocycles. The summed E-state index contributed by atoms with van der Waals surface area (Å²) in [4.78, 5) is 33.9. The van der Waals surface area contributed by atoms with Gasteiger partial charge in [0.15, 0.2) is 10.7 Å². The summed E-state index contributed by atoms with van der Waals surface area (Å²) in [6.07, 6.45) is 3.90. The Kier molecular flexibility index (Phi) is 7.13. The maximum absolute atomic E-state index is 13.3. The van der Waals surface area contributed by atoms with Crippen LogP contribution >= 0.6 is 0 Å². The van der Waals surface area contributed by atoms with Gasteiger partial charge in [0, 0.05) is 30.5 Å². The minimum absolute atomic E-state index is 0.0743. The van der Waals surface area contributed by atoms with E-state index in [9.17, 15) is 18.0 Å². The monoisotopic (exact) mass is 528 g/mol. The Morgan fingerprint density at radius 2 is 2.03 bits per heavy atom. The van der Waals surface area contributed by atoms with Crippen LogP contribution in [0.4, 0.5) is 5.82 Å². The van der Waals surface area contributed by atoms with Crippen molar-refractivity contribution in [2.75, 3.05) is 18.1 Å². The number of nitrogens with zero attached hydrogens (tertiary/aromatic N) is 4. The van der Waals surface area contributed by atoms with Gasteiger partial charge in [-0.2, -0.15) is 0 Å². The summed E-state index contributed by atoms with van der Waals surface area (Å²) in [5.74, 6) is 1.03. The number of hydrogen-bond donors (Lipinski definition) is 2. The van der Waals surface area contributed by atoms with E-state index in [-0.39, 0.29) is 11.1 Å². The smallest absolute Gasteiger partial charge is 0.269 e. The molecule has 2 N–H and O–H groups in total. The number of ether oxygens (including phenoxy) is 1. The predicted molar refractivity (Wildman–Crippen MR) is 139 cm³/mol. The Hall–Kier alpha value is -3.67. The van der Waals surface area contributed by atoms with E-state index in [0.29, 0.717) is 42.5 Å². The topological polar surface area (TPSA) is 139 Å². The zero-order valence-corrected chi connectivity index (χ0v) is 22.4. The highest BCUT2D eigenvalue weighted by Gasteiger charge is 2.39. The van der Waals surface area contributed by atoms with Crippen molar-refractivity contribution in [3.8, 4) is 11.7 Å². The third kappa shape index (κ3) is 5.68. The lowest BCUT2D eigenvalue weighted by Gasteiger charge is -2.34. The standard InChI is InChI=1S/C25H32N6O5S/c1-16(2)15-36-21-10-12-31(28-21)20-9-8-18(22(27-20)30-14-17(3)13-25(30,4)5)23(32)29-37(34,35)19-7-6-11-26-24(19)33/h6-12,16-17H,13-15H2,1-5H3,(H,26,33)(H,29,32)/t17-/m0/s1. The average molecular weight is 529 g/mol. The Balaban J connectivity index is 1.72. The molecule has 1 aliphatic heterocycles. The number of pyridine rings is 2. The fourth-order valence-corrected chi connectivity index (χ4v) is 5.55. The van der Waals surface area contributed by atoms with E-state index in [1.165, 1.54) is 18.3 Å². The van der Waals surface area contributed by atoms with Gasteiger partial charge in [0.2, 0.25) is 5.88 Å². The van der Waals surface area contributed by atoms with Gasteiger partial charge in [-0.3, -0.25) is 9.59 Å². The molecule has 1 fully saturated rings. The lowest BCUT2D eigenvalue weighted by Crippen LogP contribution is -2.41. The molecular weight excluding hydrogens is 496 g/mol. The number of aromatic nitrogens is 4. The van der Waals surface area contributed by atoms with E-state index in [1.807, 2.05) is 23.5 Å². The van der Waals surface area contributed by atoms with Gasteiger partial charge in [-0.05, 0) is 56.4 Å². The molecule has 198 valence electrons. The molecule has 4 heterocycles.